The number of rotatable bonds is 7. The van der Waals surface area contributed by atoms with Gasteiger partial charge in [0.25, 0.3) is 0 Å². The van der Waals surface area contributed by atoms with Crippen molar-refractivity contribution in [3.63, 3.8) is 0 Å². The van der Waals surface area contributed by atoms with Gasteiger partial charge in [-0.15, -0.1) is 0 Å². The maximum atomic E-state index is 4.21. The molecule has 1 heterocycles. The largest absolute Gasteiger partial charge is 0.338 e. The summed E-state index contributed by atoms with van der Waals surface area (Å²) in [5, 5.41) is 2.97. The standard InChI is InChI=1S/C29H26N2Si/c1-3-7-24(8-4-1)26-11-15-28(16-12-26)32(22-21-31-20-19-30-23-31)29-17-13-27(14-18-29)25-9-5-2-6-10-25/h1-20,23,32H,21-22H2. The van der Waals surface area contributed by atoms with Crippen molar-refractivity contribution >= 4 is 19.2 Å². The fraction of sp³-hybridized carbons (Fsp3) is 0.0690. The number of aryl methyl sites for hydroxylation is 1. The first-order chi connectivity index (χ1) is 15.9. The van der Waals surface area contributed by atoms with E-state index in [1.807, 2.05) is 12.5 Å². The van der Waals surface area contributed by atoms with Crippen LogP contribution in [-0.2, 0) is 6.54 Å². The van der Waals surface area contributed by atoms with E-state index in [9.17, 15) is 0 Å². The Bertz CT molecular complexity index is 1150. The van der Waals surface area contributed by atoms with E-state index in [0.29, 0.717) is 0 Å². The van der Waals surface area contributed by atoms with Crippen molar-refractivity contribution in [1.29, 1.82) is 0 Å². The van der Waals surface area contributed by atoms with E-state index >= 15 is 0 Å². The third-order valence-electron chi connectivity index (χ3n) is 6.08. The normalized spacial score (nSPS) is 11.0. The molecule has 0 saturated carbocycles. The predicted octanol–water partition coefficient (Wildman–Crippen LogP) is 5.26. The molecule has 0 bridgehead atoms. The van der Waals surface area contributed by atoms with Gasteiger partial charge in [-0.2, -0.15) is 0 Å². The van der Waals surface area contributed by atoms with Crippen LogP contribution in [0, 0.1) is 0 Å². The van der Waals surface area contributed by atoms with E-state index in [1.165, 1.54) is 32.6 Å². The van der Waals surface area contributed by atoms with Gasteiger partial charge in [0.1, 0.15) is 8.80 Å². The highest BCUT2D eigenvalue weighted by Gasteiger charge is 2.17. The lowest BCUT2D eigenvalue weighted by molar-refractivity contribution is 0.756. The second kappa shape index (κ2) is 9.63. The van der Waals surface area contributed by atoms with Crippen LogP contribution < -0.4 is 10.4 Å². The summed E-state index contributed by atoms with van der Waals surface area (Å²) in [7, 11) is -1.37. The van der Waals surface area contributed by atoms with Crippen molar-refractivity contribution < 1.29 is 0 Å². The Kier molecular flexibility index (Phi) is 6.08. The van der Waals surface area contributed by atoms with E-state index in [0.717, 1.165) is 12.6 Å². The summed E-state index contributed by atoms with van der Waals surface area (Å²) in [6.45, 7) is 0.998. The molecule has 0 saturated heterocycles. The second-order valence-electron chi connectivity index (χ2n) is 8.12. The average Bonchev–Trinajstić information content (AvgIpc) is 3.40. The summed E-state index contributed by atoms with van der Waals surface area (Å²) >= 11 is 0. The van der Waals surface area contributed by atoms with E-state index in [1.54, 1.807) is 0 Å². The molecule has 0 fully saturated rings. The van der Waals surface area contributed by atoms with Crippen LogP contribution in [0.3, 0.4) is 0 Å². The minimum absolute atomic E-state index is 0.998. The van der Waals surface area contributed by atoms with Crippen LogP contribution in [0.25, 0.3) is 22.3 Å². The van der Waals surface area contributed by atoms with Gasteiger partial charge in [-0.05, 0) is 28.3 Å². The smallest absolute Gasteiger partial charge is 0.104 e. The van der Waals surface area contributed by atoms with Gasteiger partial charge >= 0.3 is 0 Å². The van der Waals surface area contributed by atoms with Crippen molar-refractivity contribution in [1.82, 2.24) is 9.55 Å². The Morgan fingerprint density at radius 3 is 1.47 bits per heavy atom. The minimum Gasteiger partial charge on any atom is -0.338 e. The molecule has 0 aliphatic carbocycles. The SMILES string of the molecule is c1ccc(-c2ccc([SiH](CCn3ccnc3)c3ccc(-c4ccccc4)cc3)cc2)cc1. The molecule has 2 nitrogen and oxygen atoms in total. The lowest BCUT2D eigenvalue weighted by Crippen LogP contribution is -2.42. The molecular formula is C29H26N2Si. The molecule has 32 heavy (non-hydrogen) atoms. The lowest BCUT2D eigenvalue weighted by Gasteiger charge is -2.18. The number of imidazole rings is 1. The van der Waals surface area contributed by atoms with Crippen molar-refractivity contribution in [3.8, 4) is 22.3 Å². The molecule has 0 aliphatic rings. The monoisotopic (exact) mass is 430 g/mol. The van der Waals surface area contributed by atoms with Gasteiger partial charge in [0, 0.05) is 18.9 Å². The first-order valence-electron chi connectivity index (χ1n) is 11.1. The number of nitrogens with zero attached hydrogens (tertiary/aromatic N) is 2. The summed E-state index contributed by atoms with van der Waals surface area (Å²) in [5.74, 6) is 0. The molecule has 5 rings (SSSR count). The molecule has 0 spiro atoms. The van der Waals surface area contributed by atoms with Gasteiger partial charge in [0.2, 0.25) is 0 Å². The van der Waals surface area contributed by atoms with Gasteiger partial charge in [0.05, 0.1) is 6.33 Å². The summed E-state index contributed by atoms with van der Waals surface area (Å²) in [5.41, 5.74) is 5.08. The number of hydrogen-bond donors (Lipinski definition) is 0. The van der Waals surface area contributed by atoms with Crippen LogP contribution in [0.2, 0.25) is 6.04 Å². The second-order valence-corrected chi connectivity index (χ2v) is 11.1. The predicted molar refractivity (Wildman–Crippen MR) is 137 cm³/mol. The first-order valence-corrected chi connectivity index (χ1v) is 13.1. The Balaban J connectivity index is 1.44. The maximum absolute atomic E-state index is 4.21. The molecule has 0 unspecified atom stereocenters. The molecule has 4 aromatic carbocycles. The molecule has 156 valence electrons. The van der Waals surface area contributed by atoms with Gasteiger partial charge in [0.15, 0.2) is 0 Å². The Labute approximate surface area is 191 Å². The van der Waals surface area contributed by atoms with Crippen LogP contribution in [-0.4, -0.2) is 18.3 Å². The molecule has 3 heteroatoms. The highest BCUT2D eigenvalue weighted by Crippen LogP contribution is 2.19. The van der Waals surface area contributed by atoms with Crippen LogP contribution >= 0.6 is 0 Å². The van der Waals surface area contributed by atoms with Crippen molar-refractivity contribution in [2.45, 2.75) is 12.6 Å². The highest BCUT2D eigenvalue weighted by atomic mass is 28.3. The lowest BCUT2D eigenvalue weighted by atomic mass is 10.1. The summed E-state index contributed by atoms with van der Waals surface area (Å²) in [6.07, 6.45) is 5.84. The third-order valence-corrected chi connectivity index (χ3v) is 9.29. The first kappa shape index (κ1) is 20.2. The zero-order chi connectivity index (χ0) is 21.6. The van der Waals surface area contributed by atoms with Crippen LogP contribution in [0.15, 0.2) is 128 Å². The third kappa shape index (κ3) is 4.63. The Morgan fingerprint density at radius 2 is 1.03 bits per heavy atom. The summed E-state index contributed by atoms with van der Waals surface area (Å²) in [4.78, 5) is 4.21. The molecule has 0 N–H and O–H groups in total. The maximum Gasteiger partial charge on any atom is 0.104 e. The van der Waals surface area contributed by atoms with Crippen molar-refractivity contribution in [3.05, 3.63) is 128 Å². The zero-order valence-corrected chi connectivity index (χ0v) is 19.2. The molecular weight excluding hydrogens is 404 g/mol. The van der Waals surface area contributed by atoms with Gasteiger partial charge in [-0.25, -0.2) is 4.98 Å². The van der Waals surface area contributed by atoms with E-state index < -0.39 is 8.80 Å². The van der Waals surface area contributed by atoms with Crippen molar-refractivity contribution in [2.24, 2.45) is 0 Å². The molecule has 0 radical (unpaired) electrons. The molecule has 1 aromatic heterocycles. The fourth-order valence-corrected chi connectivity index (χ4v) is 7.22. The van der Waals surface area contributed by atoms with E-state index in [-0.39, 0.29) is 0 Å². The topological polar surface area (TPSA) is 17.8 Å². The van der Waals surface area contributed by atoms with Crippen LogP contribution in [0.4, 0.5) is 0 Å². The Hall–Kier alpha value is -3.69. The minimum atomic E-state index is -1.37. The van der Waals surface area contributed by atoms with Gasteiger partial charge in [-0.3, -0.25) is 0 Å². The quantitative estimate of drug-likeness (QED) is 0.322. The number of hydrogen-bond acceptors (Lipinski definition) is 1. The highest BCUT2D eigenvalue weighted by molar-refractivity contribution is 6.85. The number of benzene rings is 4. The average molecular weight is 431 g/mol. The summed E-state index contributed by atoms with van der Waals surface area (Å²) in [6, 6.07) is 40.9. The van der Waals surface area contributed by atoms with Crippen molar-refractivity contribution in [2.75, 3.05) is 0 Å². The molecule has 0 amide bonds. The van der Waals surface area contributed by atoms with Gasteiger partial charge < -0.3 is 4.57 Å². The van der Waals surface area contributed by atoms with Crippen LogP contribution in [0.5, 0.6) is 0 Å². The number of aromatic nitrogens is 2. The molecule has 5 aromatic rings. The molecule has 0 atom stereocenters. The van der Waals surface area contributed by atoms with E-state index in [4.69, 9.17) is 0 Å². The Morgan fingerprint density at radius 1 is 0.562 bits per heavy atom. The van der Waals surface area contributed by atoms with Gasteiger partial charge in [-0.1, -0.05) is 120 Å². The van der Waals surface area contributed by atoms with Crippen LogP contribution in [0.1, 0.15) is 0 Å². The summed E-state index contributed by atoms with van der Waals surface area (Å²) < 4.78 is 2.19. The zero-order valence-electron chi connectivity index (χ0n) is 18.0. The van der Waals surface area contributed by atoms with E-state index in [2.05, 4.69) is 125 Å². The molecule has 0 aliphatic heterocycles. The fourth-order valence-electron chi connectivity index (χ4n) is 4.30.